The van der Waals surface area contributed by atoms with Gasteiger partial charge in [-0.15, -0.1) is 0 Å². The van der Waals surface area contributed by atoms with Gasteiger partial charge >= 0.3 is 5.97 Å². The molecule has 5 heteroatoms. The fourth-order valence-corrected chi connectivity index (χ4v) is 1.91. The van der Waals surface area contributed by atoms with Gasteiger partial charge in [0.1, 0.15) is 12.2 Å². The van der Waals surface area contributed by atoms with E-state index in [-0.39, 0.29) is 29.6 Å². The molecule has 1 N–H and O–H groups in total. The molecule has 1 heterocycles. The lowest BCUT2D eigenvalue weighted by atomic mass is 9.88. The molecular formula is C16H24N2O3. The van der Waals surface area contributed by atoms with Crippen LogP contribution in [0.5, 0.6) is 0 Å². The first kappa shape index (κ1) is 17.1. The summed E-state index contributed by atoms with van der Waals surface area (Å²) in [6.45, 7) is 9.66. The zero-order valence-electron chi connectivity index (χ0n) is 13.4. The van der Waals surface area contributed by atoms with E-state index in [1.54, 1.807) is 12.3 Å². The van der Waals surface area contributed by atoms with Crippen molar-refractivity contribution in [2.45, 2.75) is 52.5 Å². The molecule has 0 radical (unpaired) electrons. The topological polar surface area (TPSA) is 70.5 Å². The van der Waals surface area contributed by atoms with Gasteiger partial charge in [0.15, 0.2) is 0 Å². The lowest BCUT2D eigenvalue weighted by Crippen LogP contribution is -2.42. The summed E-state index contributed by atoms with van der Waals surface area (Å²) < 4.78 is 0. The molecule has 1 rings (SSSR count). The van der Waals surface area contributed by atoms with E-state index < -0.39 is 5.97 Å². The summed E-state index contributed by atoms with van der Waals surface area (Å²) in [6.07, 6.45) is 2.38. The van der Waals surface area contributed by atoms with Gasteiger partial charge in [-0.1, -0.05) is 33.8 Å². The van der Waals surface area contributed by atoms with Gasteiger partial charge in [-0.2, -0.15) is 0 Å². The second-order valence-corrected chi connectivity index (χ2v) is 6.27. The summed E-state index contributed by atoms with van der Waals surface area (Å²) in [7, 11) is 0. The zero-order valence-corrected chi connectivity index (χ0v) is 13.4. The van der Waals surface area contributed by atoms with E-state index in [0.29, 0.717) is 6.42 Å². The summed E-state index contributed by atoms with van der Waals surface area (Å²) in [4.78, 5) is 28.9. The van der Waals surface area contributed by atoms with Crippen LogP contribution in [0.25, 0.3) is 0 Å². The third-order valence-electron chi connectivity index (χ3n) is 3.54. The number of amides is 1. The highest BCUT2D eigenvalue weighted by Crippen LogP contribution is 2.21. The molecule has 0 aliphatic heterocycles. The number of nitrogens with zero attached hydrogens (tertiary/aromatic N) is 2. The number of carboxylic acid groups (broad SMARTS) is 1. The molecule has 0 fully saturated rings. The van der Waals surface area contributed by atoms with Crippen LogP contribution in [-0.2, 0) is 10.2 Å². The van der Waals surface area contributed by atoms with Crippen molar-refractivity contribution < 1.29 is 14.7 Å². The molecule has 1 aromatic rings. The van der Waals surface area contributed by atoms with Gasteiger partial charge in [0, 0.05) is 12.2 Å². The van der Waals surface area contributed by atoms with Gasteiger partial charge in [-0.3, -0.25) is 14.6 Å². The Morgan fingerprint density at radius 1 is 1.33 bits per heavy atom. The average Bonchev–Trinajstić information content (AvgIpc) is 2.42. The molecule has 0 saturated carbocycles. The van der Waals surface area contributed by atoms with Crippen molar-refractivity contribution in [3.8, 4) is 0 Å². The molecule has 0 bridgehead atoms. The maximum Gasteiger partial charge on any atom is 0.323 e. The van der Waals surface area contributed by atoms with Gasteiger partial charge in [0.25, 0.3) is 5.91 Å². The van der Waals surface area contributed by atoms with Crippen LogP contribution in [0.15, 0.2) is 18.3 Å². The van der Waals surface area contributed by atoms with Gasteiger partial charge in [-0.05, 0) is 30.4 Å². The molecule has 1 atom stereocenters. The van der Waals surface area contributed by atoms with Crippen LogP contribution >= 0.6 is 0 Å². The maximum absolute atomic E-state index is 12.4. The minimum absolute atomic E-state index is 0.0357. The first-order valence-electron chi connectivity index (χ1n) is 7.16. The average molecular weight is 292 g/mol. The second kappa shape index (κ2) is 6.70. The van der Waals surface area contributed by atoms with E-state index >= 15 is 0 Å². The van der Waals surface area contributed by atoms with Crippen molar-refractivity contribution in [3.05, 3.63) is 29.6 Å². The molecule has 21 heavy (non-hydrogen) atoms. The molecule has 0 saturated heterocycles. The summed E-state index contributed by atoms with van der Waals surface area (Å²) >= 11 is 0. The van der Waals surface area contributed by atoms with E-state index in [2.05, 4.69) is 25.8 Å². The van der Waals surface area contributed by atoms with E-state index in [9.17, 15) is 9.59 Å². The van der Waals surface area contributed by atoms with Crippen molar-refractivity contribution in [2.75, 3.05) is 6.54 Å². The lowest BCUT2D eigenvalue weighted by Gasteiger charge is -2.27. The Hall–Kier alpha value is -1.91. The van der Waals surface area contributed by atoms with Crippen molar-refractivity contribution in [1.82, 2.24) is 9.88 Å². The number of aromatic nitrogens is 1. The SMILES string of the molecule is CCC(C)N(CC(=O)O)C(=O)c1ccc(C(C)(C)C)cn1. The highest BCUT2D eigenvalue weighted by atomic mass is 16.4. The Morgan fingerprint density at radius 3 is 2.33 bits per heavy atom. The Kier molecular flexibility index (Phi) is 5.47. The molecule has 1 amide bonds. The van der Waals surface area contributed by atoms with Crippen LogP contribution in [0.1, 0.15) is 57.1 Å². The quantitative estimate of drug-likeness (QED) is 0.905. The molecule has 0 aromatic carbocycles. The smallest absolute Gasteiger partial charge is 0.323 e. The monoisotopic (exact) mass is 292 g/mol. The fraction of sp³-hybridized carbons (Fsp3) is 0.562. The molecule has 116 valence electrons. The van der Waals surface area contributed by atoms with Gasteiger partial charge in [-0.25, -0.2) is 0 Å². The Bertz CT molecular complexity index is 503. The van der Waals surface area contributed by atoms with Crippen LogP contribution in [0.3, 0.4) is 0 Å². The standard InChI is InChI=1S/C16H24N2O3/c1-6-11(2)18(10-14(19)20)15(21)13-8-7-12(9-17-13)16(3,4)5/h7-9,11H,6,10H2,1-5H3,(H,19,20). The Balaban J connectivity index is 3.01. The molecule has 0 aliphatic rings. The number of carboxylic acids is 1. The predicted octanol–water partition coefficient (Wildman–Crippen LogP) is 2.70. The Morgan fingerprint density at radius 2 is 1.95 bits per heavy atom. The molecule has 1 aromatic heterocycles. The summed E-state index contributed by atoms with van der Waals surface area (Å²) in [5.41, 5.74) is 1.28. The van der Waals surface area contributed by atoms with Crippen molar-refractivity contribution in [3.63, 3.8) is 0 Å². The van der Waals surface area contributed by atoms with Gasteiger partial charge < -0.3 is 10.0 Å². The molecule has 1 unspecified atom stereocenters. The normalized spacial score (nSPS) is 12.8. The summed E-state index contributed by atoms with van der Waals surface area (Å²) in [5, 5.41) is 8.96. The van der Waals surface area contributed by atoms with Gasteiger partial charge in [0.05, 0.1) is 0 Å². The van der Waals surface area contributed by atoms with Crippen LogP contribution < -0.4 is 0 Å². The van der Waals surface area contributed by atoms with Gasteiger partial charge in [0.2, 0.25) is 0 Å². The number of rotatable bonds is 5. The molecule has 0 aliphatic carbocycles. The number of hydrogen-bond donors (Lipinski definition) is 1. The maximum atomic E-state index is 12.4. The summed E-state index contributed by atoms with van der Waals surface area (Å²) in [5.74, 6) is -1.36. The molecular weight excluding hydrogens is 268 g/mol. The number of hydrogen-bond acceptors (Lipinski definition) is 3. The largest absolute Gasteiger partial charge is 0.480 e. The van der Waals surface area contributed by atoms with Crippen LogP contribution in [0, 0.1) is 0 Å². The predicted molar refractivity (Wildman–Crippen MR) is 81.4 cm³/mol. The van der Waals surface area contributed by atoms with Crippen LogP contribution in [-0.4, -0.2) is 39.5 Å². The number of carbonyl (C=O) groups is 2. The van der Waals surface area contributed by atoms with E-state index in [0.717, 1.165) is 5.56 Å². The first-order valence-corrected chi connectivity index (χ1v) is 7.16. The van der Waals surface area contributed by atoms with Crippen molar-refractivity contribution in [1.29, 1.82) is 0 Å². The highest BCUT2D eigenvalue weighted by molar-refractivity contribution is 5.94. The third kappa shape index (κ3) is 4.55. The third-order valence-corrected chi connectivity index (χ3v) is 3.54. The minimum Gasteiger partial charge on any atom is -0.480 e. The van der Waals surface area contributed by atoms with E-state index in [1.165, 1.54) is 4.90 Å². The van der Waals surface area contributed by atoms with Crippen LogP contribution in [0.4, 0.5) is 0 Å². The number of pyridine rings is 1. The Labute approximate surface area is 126 Å². The van der Waals surface area contributed by atoms with Crippen molar-refractivity contribution >= 4 is 11.9 Å². The molecule has 0 spiro atoms. The van der Waals surface area contributed by atoms with Crippen molar-refractivity contribution in [2.24, 2.45) is 0 Å². The van der Waals surface area contributed by atoms with E-state index in [1.807, 2.05) is 19.9 Å². The fourth-order valence-electron chi connectivity index (χ4n) is 1.91. The zero-order chi connectivity index (χ0) is 16.2. The second-order valence-electron chi connectivity index (χ2n) is 6.27. The molecule has 5 nitrogen and oxygen atoms in total. The summed E-state index contributed by atoms with van der Waals surface area (Å²) in [6, 6.07) is 3.40. The highest BCUT2D eigenvalue weighted by Gasteiger charge is 2.24. The van der Waals surface area contributed by atoms with E-state index in [4.69, 9.17) is 5.11 Å². The lowest BCUT2D eigenvalue weighted by molar-refractivity contribution is -0.138. The minimum atomic E-state index is -1.02. The van der Waals surface area contributed by atoms with Crippen LogP contribution in [0.2, 0.25) is 0 Å². The number of aliphatic carboxylic acids is 1. The first-order chi connectivity index (χ1) is 9.66. The number of carbonyl (C=O) groups excluding carboxylic acids is 1.